The van der Waals surface area contributed by atoms with E-state index in [4.69, 9.17) is 22.1 Å². The van der Waals surface area contributed by atoms with Crippen LogP contribution in [0.1, 0.15) is 27.0 Å². The van der Waals surface area contributed by atoms with Crippen molar-refractivity contribution in [2.24, 2.45) is 0 Å². The van der Waals surface area contributed by atoms with E-state index < -0.39 is 11.9 Å². The van der Waals surface area contributed by atoms with Crippen LogP contribution in [0.4, 0.5) is 5.69 Å². The molecular weight excluding hydrogens is 352 g/mol. The Morgan fingerprint density at radius 1 is 1.04 bits per heavy atom. The molecule has 3 N–H and O–H groups in total. The molecule has 0 aromatic heterocycles. The number of benzene rings is 2. The number of hydrogen-bond acceptors (Lipinski definition) is 4. The van der Waals surface area contributed by atoms with Gasteiger partial charge in [-0.25, -0.2) is 4.79 Å². The molecule has 0 atom stereocenters. The molecular formula is C19H20N2O4S. The number of amides is 1. The van der Waals surface area contributed by atoms with Crippen LogP contribution in [0.2, 0.25) is 0 Å². The first-order chi connectivity index (χ1) is 12.3. The van der Waals surface area contributed by atoms with Gasteiger partial charge >= 0.3 is 5.97 Å². The van der Waals surface area contributed by atoms with Gasteiger partial charge in [0, 0.05) is 5.69 Å². The lowest BCUT2D eigenvalue weighted by Gasteiger charge is -2.13. The van der Waals surface area contributed by atoms with E-state index in [0.29, 0.717) is 11.4 Å². The highest BCUT2D eigenvalue weighted by molar-refractivity contribution is 7.80. The minimum Gasteiger partial charge on any atom is -0.484 e. The predicted molar refractivity (Wildman–Crippen MR) is 104 cm³/mol. The van der Waals surface area contributed by atoms with Gasteiger partial charge in [0.15, 0.2) is 11.7 Å². The van der Waals surface area contributed by atoms with Gasteiger partial charge in [-0.1, -0.05) is 12.1 Å². The Hall–Kier alpha value is -2.93. The molecule has 0 saturated carbocycles. The zero-order valence-corrected chi connectivity index (χ0v) is 15.6. The molecule has 0 spiro atoms. The fourth-order valence-electron chi connectivity index (χ4n) is 2.16. The molecule has 2 aromatic carbocycles. The number of aromatic carboxylic acids is 1. The van der Waals surface area contributed by atoms with Gasteiger partial charge in [0.25, 0.3) is 5.91 Å². The van der Waals surface area contributed by atoms with Crippen molar-refractivity contribution in [1.29, 1.82) is 0 Å². The number of nitrogens with one attached hydrogen (secondary N) is 2. The number of ether oxygens (including phenoxy) is 1. The van der Waals surface area contributed by atoms with E-state index in [1.54, 1.807) is 19.1 Å². The maximum Gasteiger partial charge on any atom is 0.335 e. The van der Waals surface area contributed by atoms with Gasteiger partial charge in [0.05, 0.1) is 5.56 Å². The van der Waals surface area contributed by atoms with Crippen LogP contribution < -0.4 is 15.4 Å². The van der Waals surface area contributed by atoms with E-state index in [1.807, 2.05) is 26.0 Å². The first-order valence-corrected chi connectivity index (χ1v) is 8.32. The highest BCUT2D eigenvalue weighted by Crippen LogP contribution is 2.17. The molecule has 0 unspecified atom stereocenters. The van der Waals surface area contributed by atoms with Crippen LogP contribution in [0.3, 0.4) is 0 Å². The Balaban J connectivity index is 1.91. The largest absolute Gasteiger partial charge is 0.484 e. The summed E-state index contributed by atoms with van der Waals surface area (Å²) in [5.74, 6) is -0.843. The first kappa shape index (κ1) is 19.4. The Labute approximate surface area is 157 Å². The Kier molecular flexibility index (Phi) is 6.30. The predicted octanol–water partition coefficient (Wildman–Crippen LogP) is 3.20. The smallest absolute Gasteiger partial charge is 0.335 e. The second-order valence-electron chi connectivity index (χ2n) is 5.87. The number of carboxylic acids is 1. The highest BCUT2D eigenvalue weighted by atomic mass is 32.1. The summed E-state index contributed by atoms with van der Waals surface area (Å²) in [4.78, 5) is 23.0. The highest BCUT2D eigenvalue weighted by Gasteiger charge is 2.10. The van der Waals surface area contributed by atoms with Gasteiger partial charge in [-0.05, 0) is 73.9 Å². The fourth-order valence-corrected chi connectivity index (χ4v) is 2.38. The van der Waals surface area contributed by atoms with Gasteiger partial charge in [-0.2, -0.15) is 0 Å². The van der Waals surface area contributed by atoms with E-state index in [-0.39, 0.29) is 17.3 Å². The summed E-state index contributed by atoms with van der Waals surface area (Å²) < 4.78 is 5.45. The standard InChI is InChI=1S/C19H20N2O4S/c1-11-5-7-15(8-13(11)3)25-10-17(22)21-19(26)20-16-9-14(18(23)24)6-4-12(16)2/h4-9H,10H2,1-3H3,(H,23,24)(H2,20,21,22,26). The molecule has 0 aliphatic rings. The number of aryl methyl sites for hydroxylation is 3. The Morgan fingerprint density at radius 2 is 1.73 bits per heavy atom. The van der Waals surface area contributed by atoms with E-state index >= 15 is 0 Å². The SMILES string of the molecule is Cc1ccc(OCC(=O)NC(=S)Nc2cc(C(=O)O)ccc2C)cc1C. The summed E-state index contributed by atoms with van der Waals surface area (Å²) in [6, 6.07) is 10.2. The second kappa shape index (κ2) is 8.44. The molecule has 0 saturated heterocycles. The van der Waals surface area contributed by atoms with E-state index in [1.165, 1.54) is 12.1 Å². The van der Waals surface area contributed by atoms with Crippen molar-refractivity contribution in [2.75, 3.05) is 11.9 Å². The molecule has 1 amide bonds. The van der Waals surface area contributed by atoms with Crippen molar-refractivity contribution in [3.63, 3.8) is 0 Å². The number of rotatable bonds is 5. The van der Waals surface area contributed by atoms with Crippen LogP contribution in [0, 0.1) is 20.8 Å². The molecule has 6 nitrogen and oxygen atoms in total. The van der Waals surface area contributed by atoms with Gasteiger partial charge in [-0.15, -0.1) is 0 Å². The average molecular weight is 372 g/mol. The minimum atomic E-state index is -1.04. The number of hydrogen-bond donors (Lipinski definition) is 3. The topological polar surface area (TPSA) is 87.7 Å². The molecule has 0 fully saturated rings. The number of anilines is 1. The van der Waals surface area contributed by atoms with Gasteiger partial charge in [0.1, 0.15) is 5.75 Å². The van der Waals surface area contributed by atoms with Gasteiger partial charge in [0.2, 0.25) is 0 Å². The second-order valence-corrected chi connectivity index (χ2v) is 6.28. The van der Waals surface area contributed by atoms with Crippen molar-refractivity contribution in [2.45, 2.75) is 20.8 Å². The number of carboxylic acid groups (broad SMARTS) is 1. The zero-order chi connectivity index (χ0) is 19.3. The van der Waals surface area contributed by atoms with Gasteiger partial charge in [-0.3, -0.25) is 10.1 Å². The summed E-state index contributed by atoms with van der Waals surface area (Å²) in [5.41, 5.74) is 3.67. The van der Waals surface area contributed by atoms with Crippen molar-refractivity contribution in [1.82, 2.24) is 5.32 Å². The molecule has 2 rings (SSSR count). The lowest BCUT2D eigenvalue weighted by molar-refractivity contribution is -0.121. The van der Waals surface area contributed by atoms with Crippen LogP contribution in [0.5, 0.6) is 5.75 Å². The van der Waals surface area contributed by atoms with Crippen LogP contribution in [-0.2, 0) is 4.79 Å². The number of thiocarbonyl (C=S) groups is 1. The van der Waals surface area contributed by atoms with E-state index in [9.17, 15) is 9.59 Å². The molecule has 26 heavy (non-hydrogen) atoms. The average Bonchev–Trinajstić information content (AvgIpc) is 2.57. The molecule has 136 valence electrons. The van der Waals surface area contributed by atoms with Crippen molar-refractivity contribution < 1.29 is 19.4 Å². The third-order valence-electron chi connectivity index (χ3n) is 3.83. The Bertz CT molecular complexity index is 865. The molecule has 0 heterocycles. The molecule has 0 aliphatic carbocycles. The quantitative estimate of drug-likeness (QED) is 0.699. The lowest BCUT2D eigenvalue weighted by atomic mass is 10.1. The summed E-state index contributed by atoms with van der Waals surface area (Å²) in [6.45, 7) is 5.59. The third kappa shape index (κ3) is 5.29. The lowest BCUT2D eigenvalue weighted by Crippen LogP contribution is -2.37. The zero-order valence-electron chi connectivity index (χ0n) is 14.8. The minimum absolute atomic E-state index is 0.0734. The van der Waals surface area contributed by atoms with Crippen molar-refractivity contribution in [3.05, 3.63) is 58.7 Å². The fraction of sp³-hybridized carbons (Fsp3) is 0.211. The molecule has 7 heteroatoms. The Morgan fingerprint density at radius 3 is 2.38 bits per heavy atom. The molecule has 2 aromatic rings. The summed E-state index contributed by atoms with van der Waals surface area (Å²) in [6.07, 6.45) is 0. The van der Waals surface area contributed by atoms with Crippen LogP contribution in [0.25, 0.3) is 0 Å². The van der Waals surface area contributed by atoms with Crippen LogP contribution in [-0.4, -0.2) is 28.7 Å². The summed E-state index contributed by atoms with van der Waals surface area (Å²) in [7, 11) is 0. The molecule has 0 bridgehead atoms. The normalized spacial score (nSPS) is 10.1. The van der Waals surface area contributed by atoms with E-state index in [0.717, 1.165) is 16.7 Å². The number of carbonyl (C=O) groups is 2. The maximum absolute atomic E-state index is 12.0. The molecule has 0 radical (unpaired) electrons. The monoisotopic (exact) mass is 372 g/mol. The van der Waals surface area contributed by atoms with Crippen LogP contribution in [0.15, 0.2) is 36.4 Å². The van der Waals surface area contributed by atoms with E-state index in [2.05, 4.69) is 10.6 Å². The third-order valence-corrected chi connectivity index (χ3v) is 4.04. The number of carbonyl (C=O) groups excluding carboxylic acids is 1. The summed E-state index contributed by atoms with van der Waals surface area (Å²) >= 11 is 5.10. The molecule has 0 aliphatic heterocycles. The van der Waals surface area contributed by atoms with Crippen molar-refractivity contribution >= 4 is 34.9 Å². The van der Waals surface area contributed by atoms with Gasteiger partial charge < -0.3 is 15.2 Å². The summed E-state index contributed by atoms with van der Waals surface area (Å²) in [5, 5.41) is 14.5. The first-order valence-electron chi connectivity index (χ1n) is 7.91. The van der Waals surface area contributed by atoms with Crippen molar-refractivity contribution in [3.8, 4) is 5.75 Å². The maximum atomic E-state index is 12.0. The van der Waals surface area contributed by atoms with Crippen LogP contribution >= 0.6 is 12.2 Å².